The molecular weight excluding hydrogens is 238 g/mol. The number of nitrogens with one attached hydrogen (secondary N) is 1. The second-order valence-corrected chi connectivity index (χ2v) is 4.83. The maximum atomic E-state index is 12.4. The van der Waals surface area contributed by atoms with Crippen molar-refractivity contribution in [3.8, 4) is 0 Å². The lowest BCUT2D eigenvalue weighted by Gasteiger charge is -2.39. The highest BCUT2D eigenvalue weighted by molar-refractivity contribution is 6.33. The number of amides is 1. The number of hydrogen-bond acceptors (Lipinski definition) is 3. The van der Waals surface area contributed by atoms with Gasteiger partial charge in [-0.2, -0.15) is 0 Å². The molecule has 0 saturated carbocycles. The van der Waals surface area contributed by atoms with E-state index in [1.165, 1.54) is 6.20 Å². The number of carbonyl (C=O) groups is 1. The van der Waals surface area contributed by atoms with Gasteiger partial charge in [0.25, 0.3) is 5.91 Å². The van der Waals surface area contributed by atoms with Crippen LogP contribution < -0.4 is 5.32 Å². The first-order valence-electron chi connectivity index (χ1n) is 5.74. The second kappa shape index (κ2) is 5.02. The molecule has 4 nitrogen and oxygen atoms in total. The highest BCUT2D eigenvalue weighted by Gasteiger charge is 2.30. The minimum Gasteiger partial charge on any atom is -0.331 e. The van der Waals surface area contributed by atoms with Gasteiger partial charge in [-0.15, -0.1) is 0 Å². The summed E-state index contributed by atoms with van der Waals surface area (Å²) in [7, 11) is 0. The summed E-state index contributed by atoms with van der Waals surface area (Å²) in [6, 6.07) is 2.03. The van der Waals surface area contributed by atoms with Crippen LogP contribution in [0.1, 0.15) is 24.2 Å². The summed E-state index contributed by atoms with van der Waals surface area (Å²) in [5, 5.41) is 3.71. The number of rotatable bonds is 1. The molecule has 2 unspecified atom stereocenters. The van der Waals surface area contributed by atoms with Crippen LogP contribution in [0.15, 0.2) is 18.5 Å². The van der Waals surface area contributed by atoms with E-state index in [0.717, 1.165) is 13.1 Å². The molecule has 1 fully saturated rings. The van der Waals surface area contributed by atoms with E-state index in [1.54, 1.807) is 12.3 Å². The highest BCUT2D eigenvalue weighted by Crippen LogP contribution is 2.20. The van der Waals surface area contributed by atoms with Crippen LogP contribution in [0.5, 0.6) is 0 Å². The van der Waals surface area contributed by atoms with Crippen molar-refractivity contribution in [3.63, 3.8) is 0 Å². The van der Waals surface area contributed by atoms with Crippen LogP contribution in [0.25, 0.3) is 0 Å². The van der Waals surface area contributed by atoms with E-state index in [1.807, 2.05) is 18.7 Å². The molecule has 1 N–H and O–H groups in total. The molecule has 1 aliphatic heterocycles. The molecule has 1 aliphatic rings. The predicted molar refractivity (Wildman–Crippen MR) is 67.2 cm³/mol. The quantitative estimate of drug-likeness (QED) is 0.826. The molecule has 0 radical (unpaired) electrons. The van der Waals surface area contributed by atoms with Gasteiger partial charge in [-0.3, -0.25) is 9.78 Å². The van der Waals surface area contributed by atoms with Gasteiger partial charge in [0.05, 0.1) is 10.6 Å². The van der Waals surface area contributed by atoms with Gasteiger partial charge in [0.2, 0.25) is 0 Å². The Morgan fingerprint density at radius 1 is 1.47 bits per heavy atom. The largest absolute Gasteiger partial charge is 0.331 e. The lowest BCUT2D eigenvalue weighted by Crippen LogP contribution is -2.57. The zero-order valence-electron chi connectivity index (χ0n) is 9.98. The Balaban J connectivity index is 2.27. The second-order valence-electron chi connectivity index (χ2n) is 4.42. The normalized spacial score (nSPS) is 24.8. The number of piperazine rings is 1. The molecule has 0 aliphatic carbocycles. The summed E-state index contributed by atoms with van der Waals surface area (Å²) < 4.78 is 0. The summed E-state index contributed by atoms with van der Waals surface area (Å²) in [6.45, 7) is 5.71. The minimum atomic E-state index is -0.0149. The smallest absolute Gasteiger partial charge is 0.256 e. The fourth-order valence-electron chi connectivity index (χ4n) is 2.22. The van der Waals surface area contributed by atoms with E-state index >= 15 is 0 Å². The molecule has 1 aromatic heterocycles. The predicted octanol–water partition coefficient (Wildman–Crippen LogP) is 1.56. The third kappa shape index (κ3) is 2.42. The van der Waals surface area contributed by atoms with Crippen LogP contribution in [0.3, 0.4) is 0 Å². The van der Waals surface area contributed by atoms with Crippen LogP contribution in [0, 0.1) is 0 Å². The number of hydrogen-bond donors (Lipinski definition) is 1. The average molecular weight is 254 g/mol. The van der Waals surface area contributed by atoms with Gasteiger partial charge >= 0.3 is 0 Å². The van der Waals surface area contributed by atoms with Crippen molar-refractivity contribution in [2.24, 2.45) is 0 Å². The zero-order valence-corrected chi connectivity index (χ0v) is 10.7. The fourth-order valence-corrected chi connectivity index (χ4v) is 2.42. The summed E-state index contributed by atoms with van der Waals surface area (Å²) >= 11 is 6.01. The van der Waals surface area contributed by atoms with E-state index < -0.39 is 0 Å². The molecule has 1 saturated heterocycles. The molecular formula is C12H16ClN3O. The Morgan fingerprint density at radius 2 is 2.12 bits per heavy atom. The number of carbonyl (C=O) groups excluding carboxylic acids is 1. The standard InChI is InChI=1S/C12H16ClN3O/c1-8-5-15-6-9(2)16(8)12(17)10-3-4-14-7-11(10)13/h3-4,7-9,15H,5-6H2,1-2H3. The molecule has 2 rings (SSSR count). The number of aromatic nitrogens is 1. The monoisotopic (exact) mass is 253 g/mol. The van der Waals surface area contributed by atoms with Crippen LogP contribution in [-0.2, 0) is 0 Å². The van der Waals surface area contributed by atoms with Crippen molar-refractivity contribution < 1.29 is 4.79 Å². The summed E-state index contributed by atoms with van der Waals surface area (Å²) in [5.74, 6) is -0.0149. The number of pyridine rings is 1. The van der Waals surface area contributed by atoms with Gasteiger partial charge in [0.15, 0.2) is 0 Å². The van der Waals surface area contributed by atoms with Crippen molar-refractivity contribution in [2.45, 2.75) is 25.9 Å². The molecule has 0 aromatic carbocycles. The molecule has 2 heterocycles. The first-order chi connectivity index (χ1) is 8.11. The van der Waals surface area contributed by atoms with E-state index in [0.29, 0.717) is 10.6 Å². The first kappa shape index (κ1) is 12.3. The Bertz CT molecular complexity index is 414. The fraction of sp³-hybridized carbons (Fsp3) is 0.500. The summed E-state index contributed by atoms with van der Waals surface area (Å²) in [6.07, 6.45) is 3.10. The Labute approximate surface area is 106 Å². The van der Waals surface area contributed by atoms with E-state index in [2.05, 4.69) is 10.3 Å². The van der Waals surface area contributed by atoms with Crippen molar-refractivity contribution in [1.29, 1.82) is 0 Å². The molecule has 0 spiro atoms. The van der Waals surface area contributed by atoms with Gasteiger partial charge in [-0.05, 0) is 19.9 Å². The van der Waals surface area contributed by atoms with Crippen LogP contribution >= 0.6 is 11.6 Å². The van der Waals surface area contributed by atoms with Gasteiger partial charge in [-0.1, -0.05) is 11.6 Å². The van der Waals surface area contributed by atoms with Gasteiger partial charge < -0.3 is 10.2 Å². The molecule has 0 bridgehead atoms. The lowest BCUT2D eigenvalue weighted by molar-refractivity contribution is 0.0544. The molecule has 17 heavy (non-hydrogen) atoms. The van der Waals surface area contributed by atoms with Crippen molar-refractivity contribution in [3.05, 3.63) is 29.0 Å². The van der Waals surface area contributed by atoms with E-state index in [-0.39, 0.29) is 18.0 Å². The highest BCUT2D eigenvalue weighted by atomic mass is 35.5. The van der Waals surface area contributed by atoms with Gasteiger partial charge in [-0.25, -0.2) is 0 Å². The topological polar surface area (TPSA) is 45.2 Å². The third-order valence-electron chi connectivity index (χ3n) is 3.07. The maximum Gasteiger partial charge on any atom is 0.256 e. The molecule has 1 amide bonds. The maximum absolute atomic E-state index is 12.4. The van der Waals surface area contributed by atoms with Crippen LogP contribution in [0.2, 0.25) is 5.02 Å². The Hall–Kier alpha value is -1.13. The lowest BCUT2D eigenvalue weighted by atomic mass is 10.1. The zero-order chi connectivity index (χ0) is 12.4. The molecule has 92 valence electrons. The third-order valence-corrected chi connectivity index (χ3v) is 3.37. The van der Waals surface area contributed by atoms with Crippen molar-refractivity contribution in [2.75, 3.05) is 13.1 Å². The van der Waals surface area contributed by atoms with Crippen molar-refractivity contribution in [1.82, 2.24) is 15.2 Å². The van der Waals surface area contributed by atoms with Gasteiger partial charge in [0, 0.05) is 37.6 Å². The Morgan fingerprint density at radius 3 is 2.71 bits per heavy atom. The van der Waals surface area contributed by atoms with E-state index in [9.17, 15) is 4.79 Å². The molecule has 1 aromatic rings. The molecule has 5 heteroatoms. The number of nitrogens with zero attached hydrogens (tertiary/aromatic N) is 2. The minimum absolute atomic E-state index is 0.0149. The molecule has 2 atom stereocenters. The van der Waals surface area contributed by atoms with Crippen LogP contribution in [-0.4, -0.2) is 41.0 Å². The van der Waals surface area contributed by atoms with Crippen molar-refractivity contribution >= 4 is 17.5 Å². The van der Waals surface area contributed by atoms with Crippen LogP contribution in [0.4, 0.5) is 0 Å². The number of halogens is 1. The summed E-state index contributed by atoms with van der Waals surface area (Å²) in [5.41, 5.74) is 0.530. The summed E-state index contributed by atoms with van der Waals surface area (Å²) in [4.78, 5) is 18.2. The SMILES string of the molecule is CC1CNCC(C)N1C(=O)c1ccncc1Cl. The average Bonchev–Trinajstić information content (AvgIpc) is 2.29. The van der Waals surface area contributed by atoms with Gasteiger partial charge in [0.1, 0.15) is 0 Å². The van der Waals surface area contributed by atoms with E-state index in [4.69, 9.17) is 11.6 Å². The first-order valence-corrected chi connectivity index (χ1v) is 6.12. The Kier molecular flexibility index (Phi) is 3.64.